The minimum atomic E-state index is 0.387. The molecule has 0 spiro atoms. The molecule has 0 aliphatic heterocycles. The fourth-order valence-electron chi connectivity index (χ4n) is 1.20. The van der Waals surface area contributed by atoms with E-state index in [1.807, 2.05) is 20.8 Å². The van der Waals surface area contributed by atoms with Gasteiger partial charge in [0.1, 0.15) is 11.0 Å². The zero-order chi connectivity index (χ0) is 11.2. The molecule has 2 aromatic rings. The van der Waals surface area contributed by atoms with Gasteiger partial charge in [-0.05, 0) is 44.0 Å². The van der Waals surface area contributed by atoms with Crippen molar-refractivity contribution < 1.29 is 2.74 Å². The molecule has 1 aromatic carbocycles. The van der Waals surface area contributed by atoms with Crippen molar-refractivity contribution in [3.8, 4) is 0 Å². The predicted molar refractivity (Wildman–Crippen MR) is 52.7 cm³/mol. The smallest absolute Gasteiger partial charge is 0.113 e. The highest BCUT2D eigenvalue weighted by Gasteiger charge is 2.02. The molecule has 0 unspecified atom stereocenters. The van der Waals surface area contributed by atoms with Crippen molar-refractivity contribution in [2.24, 2.45) is 0 Å². The summed E-state index contributed by atoms with van der Waals surface area (Å²) in [7, 11) is 0. The number of rotatable bonds is 1. The largest absolute Gasteiger partial charge is 0.184 e. The number of fused-ring (bicyclic) bond motifs is 1. The van der Waals surface area contributed by atoms with Crippen LogP contribution < -0.4 is 0 Å². The maximum Gasteiger partial charge on any atom is 0.113 e. The number of aryl methyl sites for hydroxylation is 1. The summed E-state index contributed by atoms with van der Waals surface area (Å²) in [6, 6.07) is 0.774. The fourth-order valence-corrected chi connectivity index (χ4v) is 1.20. The first-order chi connectivity index (χ1) is 7.06. The van der Waals surface area contributed by atoms with E-state index in [1.165, 1.54) is 4.80 Å². The summed E-state index contributed by atoms with van der Waals surface area (Å²) in [6.45, 7) is 6.29. The minimum absolute atomic E-state index is 0.387. The molecule has 13 heavy (non-hydrogen) atoms. The zero-order valence-electron chi connectivity index (χ0n) is 10.0. The molecule has 0 aliphatic rings. The minimum Gasteiger partial charge on any atom is -0.184 e. The topological polar surface area (TPSA) is 30.7 Å². The quantitative estimate of drug-likeness (QED) is 0.667. The summed E-state index contributed by atoms with van der Waals surface area (Å²) in [5.41, 5.74) is 2.70. The van der Waals surface area contributed by atoms with E-state index in [0.717, 1.165) is 11.1 Å². The Morgan fingerprint density at radius 2 is 1.69 bits per heavy atom. The van der Waals surface area contributed by atoms with Crippen molar-refractivity contribution in [3.63, 3.8) is 0 Å². The van der Waals surface area contributed by atoms with Crippen LogP contribution in [0.25, 0.3) is 11.0 Å². The lowest BCUT2D eigenvalue weighted by Gasteiger charge is -1.95. The molecule has 2 rings (SSSR count). The third-order valence-electron chi connectivity index (χ3n) is 2.11. The third-order valence-corrected chi connectivity index (χ3v) is 2.11. The lowest BCUT2D eigenvalue weighted by molar-refractivity contribution is 0.578. The van der Waals surface area contributed by atoms with Gasteiger partial charge in [0.2, 0.25) is 0 Å². The van der Waals surface area contributed by atoms with Crippen LogP contribution in [-0.2, 0) is 6.54 Å². The molecule has 0 aliphatic carbocycles. The van der Waals surface area contributed by atoms with E-state index >= 15 is 0 Å². The molecule has 1 aromatic heterocycles. The second-order valence-electron chi connectivity index (χ2n) is 3.09. The Morgan fingerprint density at radius 1 is 1.23 bits per heavy atom. The van der Waals surface area contributed by atoms with Crippen LogP contribution in [-0.4, -0.2) is 15.0 Å². The average molecular weight is 177 g/mol. The monoisotopic (exact) mass is 177 g/mol. The van der Waals surface area contributed by atoms with Gasteiger partial charge in [-0.2, -0.15) is 15.0 Å². The van der Waals surface area contributed by atoms with Crippen molar-refractivity contribution in [3.05, 3.63) is 23.2 Å². The fraction of sp³-hybridized carbons (Fsp3) is 0.400. The van der Waals surface area contributed by atoms with Crippen molar-refractivity contribution in [2.75, 3.05) is 0 Å². The van der Waals surface area contributed by atoms with Gasteiger partial charge in [0.05, 0.1) is 9.29 Å². The number of benzene rings is 1. The Labute approximate surface area is 80.2 Å². The Morgan fingerprint density at radius 3 is 2.08 bits per heavy atom. The van der Waals surface area contributed by atoms with Gasteiger partial charge in [0.25, 0.3) is 0 Å². The number of aromatic nitrogens is 3. The Balaban J connectivity index is 2.90. The van der Waals surface area contributed by atoms with E-state index in [-0.39, 0.29) is 0 Å². The van der Waals surface area contributed by atoms with Crippen molar-refractivity contribution in [1.29, 1.82) is 0 Å². The normalized spacial score (nSPS) is 13.2. The van der Waals surface area contributed by atoms with Crippen molar-refractivity contribution >= 4 is 11.0 Å². The van der Waals surface area contributed by atoms with Crippen LogP contribution in [0.3, 0.4) is 0 Å². The molecule has 0 saturated heterocycles. The second-order valence-corrected chi connectivity index (χ2v) is 3.09. The van der Waals surface area contributed by atoms with E-state index in [1.54, 1.807) is 0 Å². The van der Waals surface area contributed by atoms with E-state index in [2.05, 4.69) is 10.2 Å². The molecule has 3 nitrogen and oxygen atoms in total. The molecular formula is C10H13N3. The number of nitrogens with zero attached hydrogens (tertiary/aromatic N) is 3. The molecule has 0 radical (unpaired) electrons. The van der Waals surface area contributed by atoms with Crippen LogP contribution in [0.15, 0.2) is 12.1 Å². The van der Waals surface area contributed by atoms with E-state index in [4.69, 9.17) is 2.74 Å². The first-order valence-electron chi connectivity index (χ1n) is 5.37. The van der Waals surface area contributed by atoms with Crippen LogP contribution in [0.5, 0.6) is 0 Å². The average Bonchev–Trinajstić information content (AvgIpc) is 2.67. The molecule has 68 valence electrons. The van der Waals surface area contributed by atoms with Gasteiger partial charge in [-0.1, -0.05) is 0 Å². The lowest BCUT2D eigenvalue weighted by Crippen LogP contribution is -1.97. The van der Waals surface area contributed by atoms with Gasteiger partial charge < -0.3 is 0 Å². The van der Waals surface area contributed by atoms with Gasteiger partial charge >= 0.3 is 0 Å². The second kappa shape index (κ2) is 2.83. The summed E-state index contributed by atoms with van der Waals surface area (Å²) < 4.78 is 15.8. The highest BCUT2D eigenvalue weighted by Crippen LogP contribution is 2.15. The van der Waals surface area contributed by atoms with Crippen molar-refractivity contribution in [2.45, 2.75) is 27.3 Å². The SMILES string of the molecule is [2H]c1c(C)c(C)c([2H])c2nn(CC)nc12. The van der Waals surface area contributed by atoms with E-state index in [0.29, 0.717) is 29.7 Å². The molecule has 3 heteroatoms. The number of hydrogen-bond acceptors (Lipinski definition) is 2. The molecule has 0 atom stereocenters. The van der Waals surface area contributed by atoms with Crippen LogP contribution in [0.4, 0.5) is 0 Å². The van der Waals surface area contributed by atoms with Crippen LogP contribution >= 0.6 is 0 Å². The Hall–Kier alpha value is -1.38. The maximum absolute atomic E-state index is 7.92. The van der Waals surface area contributed by atoms with Gasteiger partial charge in [-0.25, -0.2) is 0 Å². The first kappa shape index (κ1) is 6.13. The first-order valence-corrected chi connectivity index (χ1v) is 4.37. The summed E-state index contributed by atoms with van der Waals surface area (Å²) >= 11 is 0. The molecule has 0 N–H and O–H groups in total. The third kappa shape index (κ3) is 1.30. The van der Waals surface area contributed by atoms with E-state index < -0.39 is 0 Å². The highest BCUT2D eigenvalue weighted by atomic mass is 15.5. The van der Waals surface area contributed by atoms with Gasteiger partial charge in [0.15, 0.2) is 0 Å². The van der Waals surface area contributed by atoms with Gasteiger partial charge in [-0.3, -0.25) is 0 Å². The summed E-state index contributed by atoms with van der Waals surface area (Å²) in [5.74, 6) is 0. The molecule has 0 saturated carbocycles. The van der Waals surface area contributed by atoms with Gasteiger partial charge in [0, 0.05) is 0 Å². The molecule has 0 amide bonds. The number of hydrogen-bond donors (Lipinski definition) is 0. The summed E-state index contributed by atoms with van der Waals surface area (Å²) in [5, 5.41) is 8.38. The molecular weight excluding hydrogens is 162 g/mol. The van der Waals surface area contributed by atoms with Gasteiger partial charge in [-0.15, -0.1) is 0 Å². The Bertz CT molecular complexity index is 486. The Kier molecular flexibility index (Phi) is 1.34. The predicted octanol–water partition coefficient (Wildman–Crippen LogP) is 2.07. The lowest BCUT2D eigenvalue weighted by atomic mass is 10.1. The van der Waals surface area contributed by atoms with Crippen LogP contribution in [0.1, 0.15) is 20.8 Å². The molecule has 0 bridgehead atoms. The maximum atomic E-state index is 7.92. The van der Waals surface area contributed by atoms with Crippen molar-refractivity contribution in [1.82, 2.24) is 15.0 Å². The highest BCUT2D eigenvalue weighted by molar-refractivity contribution is 5.75. The zero-order valence-corrected chi connectivity index (χ0v) is 8.05. The van der Waals surface area contributed by atoms with Crippen LogP contribution in [0, 0.1) is 13.8 Å². The van der Waals surface area contributed by atoms with Crippen LogP contribution in [0.2, 0.25) is 0 Å². The standard InChI is InChI=1S/C10H13N3/c1-4-13-11-9-5-7(2)8(3)6-10(9)12-13/h5-6H,4H2,1-3H3/i5D,6D. The molecule has 1 heterocycles. The summed E-state index contributed by atoms with van der Waals surface area (Å²) in [6.07, 6.45) is 0. The molecule has 0 fully saturated rings. The summed E-state index contributed by atoms with van der Waals surface area (Å²) in [4.78, 5) is 1.53. The van der Waals surface area contributed by atoms with E-state index in [9.17, 15) is 0 Å².